The zero-order valence-electron chi connectivity index (χ0n) is 14.5. The number of nitrogens with zero attached hydrogens (tertiary/aromatic N) is 1. The third-order valence-corrected chi connectivity index (χ3v) is 6.68. The van der Waals surface area contributed by atoms with Crippen molar-refractivity contribution in [3.8, 4) is 0 Å². The van der Waals surface area contributed by atoms with Crippen LogP contribution in [0, 0.1) is 18.8 Å². The summed E-state index contributed by atoms with van der Waals surface area (Å²) in [4.78, 5) is 24.1. The summed E-state index contributed by atoms with van der Waals surface area (Å²) in [6, 6.07) is 15.5. The molecular weight excluding hydrogens is 350 g/mol. The molecule has 0 unspecified atom stereocenters. The number of hydrogen-bond acceptors (Lipinski definition) is 4. The van der Waals surface area contributed by atoms with E-state index in [-0.39, 0.29) is 36.1 Å². The van der Waals surface area contributed by atoms with Gasteiger partial charge in [-0.1, -0.05) is 48.0 Å². The third kappa shape index (κ3) is 3.76. The fraction of sp³-hybridized carbons (Fsp3) is 0.300. The fourth-order valence-corrected chi connectivity index (χ4v) is 4.80. The molecule has 1 aliphatic heterocycles. The molecule has 2 aromatic rings. The summed E-state index contributed by atoms with van der Waals surface area (Å²) < 4.78 is 27.0. The molecule has 2 aromatic carbocycles. The molecule has 3 rings (SSSR count). The predicted molar refractivity (Wildman–Crippen MR) is 98.4 cm³/mol. The van der Waals surface area contributed by atoms with E-state index in [1.807, 2.05) is 13.0 Å². The van der Waals surface area contributed by atoms with Crippen molar-refractivity contribution >= 4 is 22.1 Å². The first-order chi connectivity index (χ1) is 12.4. The minimum atomic E-state index is -3.67. The maximum absolute atomic E-state index is 12.8. The highest BCUT2D eigenvalue weighted by molar-refractivity contribution is 7.89. The van der Waals surface area contributed by atoms with Crippen LogP contribution >= 0.6 is 0 Å². The van der Waals surface area contributed by atoms with E-state index < -0.39 is 15.9 Å². The largest absolute Gasteiger partial charge is 0.303 e. The Kier molecular flexibility index (Phi) is 5.34. The highest BCUT2D eigenvalue weighted by Gasteiger charge is 2.40. The topological polar surface area (TPSA) is 71.5 Å². The number of carbonyl (C=O) groups is 2. The van der Waals surface area contributed by atoms with Crippen LogP contribution in [0.5, 0.6) is 0 Å². The molecule has 0 aromatic heterocycles. The first-order valence-corrected chi connectivity index (χ1v) is 9.96. The summed E-state index contributed by atoms with van der Waals surface area (Å²) in [5.74, 6) is -0.847. The highest BCUT2D eigenvalue weighted by Crippen LogP contribution is 2.30. The highest BCUT2D eigenvalue weighted by atomic mass is 32.2. The molecule has 1 fully saturated rings. The molecule has 5 nitrogen and oxygen atoms in total. The number of hydrogen-bond donors (Lipinski definition) is 0. The molecule has 26 heavy (non-hydrogen) atoms. The van der Waals surface area contributed by atoms with Crippen LogP contribution in [0.15, 0.2) is 59.5 Å². The van der Waals surface area contributed by atoms with E-state index in [0.717, 1.165) is 11.8 Å². The van der Waals surface area contributed by atoms with Gasteiger partial charge < -0.3 is 4.79 Å². The van der Waals surface area contributed by atoms with Crippen molar-refractivity contribution in [2.24, 2.45) is 11.8 Å². The summed E-state index contributed by atoms with van der Waals surface area (Å²) in [6.45, 7) is 2.19. The molecule has 1 aliphatic rings. The van der Waals surface area contributed by atoms with Gasteiger partial charge in [0, 0.05) is 31.0 Å². The molecule has 6 heteroatoms. The predicted octanol–water partition coefficient (Wildman–Crippen LogP) is 2.70. The number of aldehydes is 1. The van der Waals surface area contributed by atoms with E-state index in [2.05, 4.69) is 0 Å². The van der Waals surface area contributed by atoms with Crippen LogP contribution in [0.1, 0.15) is 22.3 Å². The molecule has 0 aliphatic carbocycles. The Morgan fingerprint density at radius 3 is 2.35 bits per heavy atom. The number of ketones is 1. The normalized spacial score (nSPS) is 20.8. The number of aryl methyl sites for hydroxylation is 1. The molecule has 136 valence electrons. The molecule has 0 N–H and O–H groups in total. The first kappa shape index (κ1) is 18.5. The maximum Gasteiger partial charge on any atom is 0.243 e. The van der Waals surface area contributed by atoms with E-state index >= 15 is 0 Å². The average molecular weight is 371 g/mol. The minimum Gasteiger partial charge on any atom is -0.303 e. The molecule has 0 spiro atoms. The number of benzene rings is 2. The van der Waals surface area contributed by atoms with Crippen LogP contribution in [0.25, 0.3) is 0 Å². The van der Waals surface area contributed by atoms with Crippen LogP contribution in [-0.4, -0.2) is 37.9 Å². The summed E-state index contributed by atoms with van der Waals surface area (Å²) in [6.07, 6.45) is 0.931. The second-order valence-electron chi connectivity index (χ2n) is 6.69. The zero-order valence-corrected chi connectivity index (χ0v) is 15.4. The van der Waals surface area contributed by atoms with Crippen molar-refractivity contribution in [3.63, 3.8) is 0 Å². The lowest BCUT2D eigenvalue weighted by Gasteiger charge is -2.16. The van der Waals surface area contributed by atoms with Gasteiger partial charge in [-0.3, -0.25) is 4.79 Å². The van der Waals surface area contributed by atoms with Gasteiger partial charge in [0.05, 0.1) is 4.90 Å². The summed E-state index contributed by atoms with van der Waals surface area (Å²) in [5.41, 5.74) is 1.56. The van der Waals surface area contributed by atoms with Gasteiger partial charge in [-0.05, 0) is 25.0 Å². The zero-order chi connectivity index (χ0) is 18.7. The SMILES string of the molecule is Cc1ccc(S(=O)(=O)N2C[C@@H](CC(=O)c3ccccc3)[C@@H](C=O)C2)cc1. The fourth-order valence-electron chi connectivity index (χ4n) is 3.26. The molecule has 1 saturated heterocycles. The number of sulfonamides is 1. The molecule has 0 saturated carbocycles. The van der Waals surface area contributed by atoms with Crippen molar-refractivity contribution in [2.45, 2.75) is 18.2 Å². The van der Waals surface area contributed by atoms with Gasteiger partial charge in [0.1, 0.15) is 6.29 Å². The quantitative estimate of drug-likeness (QED) is 0.578. The molecule has 0 radical (unpaired) electrons. The standard InChI is InChI=1S/C20H21NO4S/c1-15-7-9-19(10-8-15)26(24,25)21-12-17(18(13-21)14-22)11-20(23)16-5-3-2-4-6-16/h2-10,14,17-18H,11-13H2,1H3/t17-,18-/m1/s1. The van der Waals surface area contributed by atoms with Gasteiger partial charge in [-0.2, -0.15) is 4.31 Å². The van der Waals surface area contributed by atoms with Crippen LogP contribution in [0.2, 0.25) is 0 Å². The lowest BCUT2D eigenvalue weighted by molar-refractivity contribution is -0.111. The van der Waals surface area contributed by atoms with Crippen LogP contribution in [0.3, 0.4) is 0 Å². The second-order valence-corrected chi connectivity index (χ2v) is 8.63. The average Bonchev–Trinajstić information content (AvgIpc) is 3.06. The third-order valence-electron chi connectivity index (χ3n) is 4.83. The van der Waals surface area contributed by atoms with Gasteiger partial charge in [0.15, 0.2) is 5.78 Å². The molecule has 0 bridgehead atoms. The lowest BCUT2D eigenvalue weighted by Crippen LogP contribution is -2.29. The smallest absolute Gasteiger partial charge is 0.243 e. The monoisotopic (exact) mass is 371 g/mol. The van der Waals surface area contributed by atoms with Crippen molar-refractivity contribution < 1.29 is 18.0 Å². The Morgan fingerprint density at radius 1 is 1.08 bits per heavy atom. The van der Waals surface area contributed by atoms with E-state index in [0.29, 0.717) is 5.56 Å². The van der Waals surface area contributed by atoms with Gasteiger partial charge in [-0.25, -0.2) is 8.42 Å². The van der Waals surface area contributed by atoms with E-state index in [4.69, 9.17) is 0 Å². The number of Topliss-reactive ketones (excluding diaryl/α,β-unsaturated/α-hetero) is 1. The second kappa shape index (κ2) is 7.51. The Balaban J connectivity index is 1.77. The van der Waals surface area contributed by atoms with Crippen LogP contribution < -0.4 is 0 Å². The van der Waals surface area contributed by atoms with E-state index in [9.17, 15) is 18.0 Å². The number of rotatable bonds is 6. The Morgan fingerprint density at radius 2 is 1.73 bits per heavy atom. The lowest BCUT2D eigenvalue weighted by atomic mass is 9.90. The van der Waals surface area contributed by atoms with Crippen molar-refractivity contribution in [2.75, 3.05) is 13.1 Å². The van der Waals surface area contributed by atoms with Gasteiger partial charge in [0.25, 0.3) is 0 Å². The van der Waals surface area contributed by atoms with Crippen molar-refractivity contribution in [3.05, 3.63) is 65.7 Å². The van der Waals surface area contributed by atoms with E-state index in [1.54, 1.807) is 48.5 Å². The molecule has 2 atom stereocenters. The molecular formula is C20H21NO4S. The van der Waals surface area contributed by atoms with Gasteiger partial charge >= 0.3 is 0 Å². The van der Waals surface area contributed by atoms with Crippen molar-refractivity contribution in [1.29, 1.82) is 0 Å². The Labute approximate surface area is 153 Å². The van der Waals surface area contributed by atoms with Crippen molar-refractivity contribution in [1.82, 2.24) is 4.31 Å². The minimum absolute atomic E-state index is 0.0722. The van der Waals surface area contributed by atoms with Crippen LogP contribution in [-0.2, 0) is 14.8 Å². The molecule has 1 heterocycles. The van der Waals surface area contributed by atoms with E-state index in [1.165, 1.54) is 4.31 Å². The Bertz CT molecular complexity index is 891. The summed E-state index contributed by atoms with van der Waals surface area (Å²) in [5, 5.41) is 0. The summed E-state index contributed by atoms with van der Waals surface area (Å²) >= 11 is 0. The maximum atomic E-state index is 12.8. The Hall–Kier alpha value is -2.31. The van der Waals surface area contributed by atoms with Gasteiger partial charge in [0.2, 0.25) is 10.0 Å². The van der Waals surface area contributed by atoms with Gasteiger partial charge in [-0.15, -0.1) is 0 Å². The number of carbonyl (C=O) groups excluding carboxylic acids is 2. The summed E-state index contributed by atoms with van der Waals surface area (Å²) in [7, 11) is -3.67. The first-order valence-electron chi connectivity index (χ1n) is 8.52. The molecule has 0 amide bonds. The van der Waals surface area contributed by atoms with Crippen LogP contribution in [0.4, 0.5) is 0 Å².